The summed E-state index contributed by atoms with van der Waals surface area (Å²) in [6.45, 7) is 0. The van der Waals surface area contributed by atoms with E-state index in [1.54, 1.807) is 30.4 Å². The Labute approximate surface area is 119 Å². The van der Waals surface area contributed by atoms with Gasteiger partial charge in [-0.25, -0.2) is 0 Å². The molecule has 0 aliphatic heterocycles. The predicted octanol–water partition coefficient (Wildman–Crippen LogP) is 5.00. The van der Waals surface area contributed by atoms with Crippen LogP contribution in [0.2, 0.25) is 5.02 Å². The van der Waals surface area contributed by atoms with E-state index in [9.17, 15) is 4.79 Å². The summed E-state index contributed by atoms with van der Waals surface area (Å²) >= 11 is 9.22. The molecule has 3 heteroatoms. The van der Waals surface area contributed by atoms with Gasteiger partial charge < -0.3 is 0 Å². The lowest BCUT2D eigenvalue weighted by molar-refractivity contribution is 0.104. The van der Waals surface area contributed by atoms with Crippen LogP contribution in [0.5, 0.6) is 0 Å². The lowest BCUT2D eigenvalue weighted by atomic mass is 10.1. The summed E-state index contributed by atoms with van der Waals surface area (Å²) < 4.78 is 0.745. The fourth-order valence-electron chi connectivity index (χ4n) is 1.51. The summed E-state index contributed by atoms with van der Waals surface area (Å²) in [6.07, 6.45) is 3.33. The lowest BCUT2D eigenvalue weighted by Crippen LogP contribution is -1.95. The molecule has 0 amide bonds. The Balaban J connectivity index is 2.22. The van der Waals surface area contributed by atoms with E-state index in [-0.39, 0.29) is 5.78 Å². The van der Waals surface area contributed by atoms with Crippen LogP contribution in [0.1, 0.15) is 15.9 Å². The number of hydrogen-bond acceptors (Lipinski definition) is 1. The predicted molar refractivity (Wildman–Crippen MR) is 79.0 cm³/mol. The van der Waals surface area contributed by atoms with Gasteiger partial charge in [-0.05, 0) is 29.8 Å². The van der Waals surface area contributed by atoms with Gasteiger partial charge in [-0.1, -0.05) is 63.9 Å². The molecule has 18 heavy (non-hydrogen) atoms. The average molecular weight is 322 g/mol. The number of halogens is 2. The van der Waals surface area contributed by atoms with Gasteiger partial charge in [0, 0.05) is 15.1 Å². The number of carbonyl (C=O) groups excluding carboxylic acids is 1. The smallest absolute Gasteiger partial charge is 0.187 e. The summed E-state index contributed by atoms with van der Waals surface area (Å²) in [4.78, 5) is 12.0. The molecule has 0 spiro atoms. The third kappa shape index (κ3) is 3.31. The number of benzene rings is 2. The first-order valence-corrected chi connectivity index (χ1v) is 6.56. The van der Waals surface area contributed by atoms with Crippen LogP contribution in [-0.2, 0) is 0 Å². The number of carbonyl (C=O) groups is 1. The van der Waals surface area contributed by atoms with Crippen LogP contribution in [-0.4, -0.2) is 5.78 Å². The molecule has 0 unspecified atom stereocenters. The highest BCUT2D eigenvalue weighted by atomic mass is 79.9. The first-order chi connectivity index (χ1) is 8.66. The Morgan fingerprint density at radius 2 is 1.83 bits per heavy atom. The van der Waals surface area contributed by atoms with Gasteiger partial charge in [0.05, 0.1) is 0 Å². The maximum absolute atomic E-state index is 12.0. The molecule has 0 saturated carbocycles. The van der Waals surface area contributed by atoms with Gasteiger partial charge >= 0.3 is 0 Å². The van der Waals surface area contributed by atoms with E-state index >= 15 is 0 Å². The highest BCUT2D eigenvalue weighted by molar-refractivity contribution is 9.10. The molecule has 0 atom stereocenters. The minimum absolute atomic E-state index is 0.0757. The van der Waals surface area contributed by atoms with Crippen molar-refractivity contribution >= 4 is 39.4 Å². The van der Waals surface area contributed by atoms with E-state index in [2.05, 4.69) is 15.9 Å². The monoisotopic (exact) mass is 320 g/mol. The van der Waals surface area contributed by atoms with Crippen molar-refractivity contribution in [1.82, 2.24) is 0 Å². The molecule has 2 rings (SSSR count). The quantitative estimate of drug-likeness (QED) is 0.574. The second-order valence-electron chi connectivity index (χ2n) is 3.73. The minimum atomic E-state index is -0.0757. The first kappa shape index (κ1) is 13.1. The highest BCUT2D eigenvalue weighted by Gasteiger charge is 2.07. The van der Waals surface area contributed by atoms with Crippen LogP contribution in [0.15, 0.2) is 59.1 Å². The summed E-state index contributed by atoms with van der Waals surface area (Å²) in [5.74, 6) is -0.0757. The third-order valence-electron chi connectivity index (χ3n) is 2.42. The molecule has 0 radical (unpaired) electrons. The number of rotatable bonds is 3. The van der Waals surface area contributed by atoms with Gasteiger partial charge in [0.15, 0.2) is 5.78 Å². The summed E-state index contributed by atoms with van der Waals surface area (Å²) in [5, 5.41) is 0.551. The van der Waals surface area contributed by atoms with E-state index in [1.807, 2.05) is 30.3 Å². The molecule has 90 valence electrons. The molecule has 2 aromatic carbocycles. The zero-order chi connectivity index (χ0) is 13.0. The van der Waals surface area contributed by atoms with Gasteiger partial charge in [0.1, 0.15) is 0 Å². The molecular weight excluding hydrogens is 312 g/mol. The molecular formula is C15H10BrClO. The average Bonchev–Trinajstić information content (AvgIpc) is 2.40. The van der Waals surface area contributed by atoms with Gasteiger partial charge in [-0.15, -0.1) is 0 Å². The van der Waals surface area contributed by atoms with Crippen molar-refractivity contribution in [3.63, 3.8) is 0 Å². The zero-order valence-corrected chi connectivity index (χ0v) is 11.8. The van der Waals surface area contributed by atoms with Crippen molar-refractivity contribution in [2.75, 3.05) is 0 Å². The summed E-state index contributed by atoms with van der Waals surface area (Å²) in [7, 11) is 0. The Morgan fingerprint density at radius 1 is 1.11 bits per heavy atom. The lowest BCUT2D eigenvalue weighted by Gasteiger charge is -2.00. The Bertz CT molecular complexity index is 591. The molecule has 0 saturated heterocycles. The van der Waals surface area contributed by atoms with Crippen LogP contribution in [0, 0.1) is 0 Å². The number of hydrogen-bond donors (Lipinski definition) is 0. The molecule has 0 heterocycles. The molecule has 2 aromatic rings. The second kappa shape index (κ2) is 5.98. The second-order valence-corrected chi connectivity index (χ2v) is 5.02. The van der Waals surface area contributed by atoms with Crippen LogP contribution in [0.4, 0.5) is 0 Å². The Kier molecular flexibility index (Phi) is 4.34. The molecule has 0 bridgehead atoms. The van der Waals surface area contributed by atoms with Crippen molar-refractivity contribution in [3.05, 3.63) is 75.2 Å². The van der Waals surface area contributed by atoms with Crippen LogP contribution >= 0.6 is 27.5 Å². The van der Waals surface area contributed by atoms with E-state index in [0.29, 0.717) is 10.6 Å². The third-order valence-corrected chi connectivity index (χ3v) is 3.35. The zero-order valence-electron chi connectivity index (χ0n) is 9.44. The van der Waals surface area contributed by atoms with Crippen LogP contribution < -0.4 is 0 Å². The van der Waals surface area contributed by atoms with Crippen molar-refractivity contribution < 1.29 is 4.79 Å². The highest BCUT2D eigenvalue weighted by Crippen LogP contribution is 2.22. The van der Waals surface area contributed by atoms with Crippen LogP contribution in [0.3, 0.4) is 0 Å². The maximum Gasteiger partial charge on any atom is 0.187 e. The van der Waals surface area contributed by atoms with E-state index < -0.39 is 0 Å². The van der Waals surface area contributed by atoms with Gasteiger partial charge in [-0.3, -0.25) is 4.79 Å². The maximum atomic E-state index is 12.0. The van der Waals surface area contributed by atoms with Crippen molar-refractivity contribution in [2.45, 2.75) is 0 Å². The van der Waals surface area contributed by atoms with Crippen molar-refractivity contribution in [1.29, 1.82) is 0 Å². The fraction of sp³-hybridized carbons (Fsp3) is 0. The topological polar surface area (TPSA) is 17.1 Å². The molecule has 0 aliphatic carbocycles. The van der Waals surface area contributed by atoms with Gasteiger partial charge in [-0.2, -0.15) is 0 Å². The van der Waals surface area contributed by atoms with Gasteiger partial charge in [0.25, 0.3) is 0 Å². The normalized spacial score (nSPS) is 10.8. The van der Waals surface area contributed by atoms with Gasteiger partial charge in [0.2, 0.25) is 0 Å². The van der Waals surface area contributed by atoms with Crippen LogP contribution in [0.25, 0.3) is 6.08 Å². The number of ketones is 1. The fourth-order valence-corrected chi connectivity index (χ4v) is 2.13. The van der Waals surface area contributed by atoms with E-state index in [4.69, 9.17) is 11.6 Å². The number of allylic oxidation sites excluding steroid dienone is 1. The largest absolute Gasteiger partial charge is 0.289 e. The SMILES string of the molecule is O=C(C=Cc1ccccc1)c1cc(Cl)ccc1Br. The Hall–Kier alpha value is -1.38. The standard InChI is InChI=1S/C15H10BrClO/c16-14-8-7-12(17)10-13(14)15(18)9-6-11-4-2-1-3-5-11/h1-10H. The minimum Gasteiger partial charge on any atom is -0.289 e. The van der Waals surface area contributed by atoms with Crippen molar-refractivity contribution in [3.8, 4) is 0 Å². The molecule has 0 fully saturated rings. The Morgan fingerprint density at radius 3 is 2.56 bits per heavy atom. The van der Waals surface area contributed by atoms with E-state index in [0.717, 1.165) is 10.0 Å². The molecule has 0 N–H and O–H groups in total. The first-order valence-electron chi connectivity index (χ1n) is 5.39. The summed E-state index contributed by atoms with van der Waals surface area (Å²) in [5.41, 5.74) is 1.55. The van der Waals surface area contributed by atoms with E-state index in [1.165, 1.54) is 0 Å². The molecule has 0 aliphatic rings. The van der Waals surface area contributed by atoms with Crippen molar-refractivity contribution in [2.24, 2.45) is 0 Å². The molecule has 1 nitrogen and oxygen atoms in total. The summed E-state index contributed by atoms with van der Waals surface area (Å²) in [6, 6.07) is 14.8. The molecule has 0 aromatic heterocycles.